The van der Waals surface area contributed by atoms with Crippen LogP contribution < -0.4 is 5.32 Å². The van der Waals surface area contributed by atoms with Gasteiger partial charge in [-0.15, -0.1) is 0 Å². The van der Waals surface area contributed by atoms with Crippen molar-refractivity contribution in [1.29, 1.82) is 0 Å². The van der Waals surface area contributed by atoms with Gasteiger partial charge in [-0.3, -0.25) is 14.9 Å². The Morgan fingerprint density at radius 2 is 1.83 bits per heavy atom. The third kappa shape index (κ3) is 3.68. The second-order valence-electron chi connectivity index (χ2n) is 7.72. The predicted molar refractivity (Wildman–Crippen MR) is 125 cm³/mol. The van der Waals surface area contributed by atoms with Gasteiger partial charge in [0.1, 0.15) is 0 Å². The van der Waals surface area contributed by atoms with E-state index >= 15 is 0 Å². The van der Waals surface area contributed by atoms with Crippen molar-refractivity contribution in [2.24, 2.45) is 0 Å². The highest BCUT2D eigenvalue weighted by Gasteiger charge is 2.36. The molecule has 1 aliphatic heterocycles. The highest BCUT2D eigenvalue weighted by atomic mass is 32.1. The van der Waals surface area contributed by atoms with Crippen LogP contribution in [0.25, 0.3) is 11.1 Å². The molecule has 152 valence electrons. The third-order valence-corrected chi connectivity index (χ3v) is 6.10. The summed E-state index contributed by atoms with van der Waals surface area (Å²) in [5.41, 5.74) is 6.75. The molecular formula is C26H25NO2S. The monoisotopic (exact) mass is 415 g/mol. The standard InChI is InChI=1S/C26H25NO2S/c1-3-8-21(19-11-6-4-9-16(19)2)23-24(26(29)27-25(23)28)22-15-18(30)14-13-17-10-5-7-12-20(17)22/h4-12,15,18,30H,3,13-14H2,1-2H3,(H,27,28,29)/b21-8+. The average Bonchev–Trinajstić information content (AvgIpc) is 2.92. The van der Waals surface area contributed by atoms with E-state index in [4.69, 9.17) is 12.6 Å². The topological polar surface area (TPSA) is 46.2 Å². The van der Waals surface area contributed by atoms with E-state index in [0.29, 0.717) is 11.1 Å². The summed E-state index contributed by atoms with van der Waals surface area (Å²) in [4.78, 5) is 26.1. The SMILES string of the molecule is CC/C=C(/C1=C(C2=CC(S)CCc3ccccc32)C(=O)NC1=O)c1ccccc1C. The van der Waals surface area contributed by atoms with Crippen LogP contribution in [0.15, 0.2) is 71.8 Å². The van der Waals surface area contributed by atoms with Crippen LogP contribution in [0.5, 0.6) is 0 Å². The summed E-state index contributed by atoms with van der Waals surface area (Å²) in [7, 11) is 0. The van der Waals surface area contributed by atoms with Gasteiger partial charge < -0.3 is 0 Å². The zero-order chi connectivity index (χ0) is 21.3. The van der Waals surface area contributed by atoms with Crippen molar-refractivity contribution in [3.8, 4) is 0 Å². The van der Waals surface area contributed by atoms with Gasteiger partial charge in [-0.1, -0.05) is 67.6 Å². The average molecular weight is 416 g/mol. The third-order valence-electron chi connectivity index (χ3n) is 5.69. The van der Waals surface area contributed by atoms with Gasteiger partial charge in [-0.2, -0.15) is 12.6 Å². The van der Waals surface area contributed by atoms with Crippen molar-refractivity contribution in [2.45, 2.75) is 38.4 Å². The van der Waals surface area contributed by atoms with Gasteiger partial charge in [-0.05, 0) is 59.6 Å². The fourth-order valence-corrected chi connectivity index (χ4v) is 4.56. The molecule has 2 aromatic carbocycles. The number of fused-ring (bicyclic) bond motifs is 1. The lowest BCUT2D eigenvalue weighted by molar-refractivity contribution is -0.123. The Morgan fingerprint density at radius 3 is 2.60 bits per heavy atom. The Kier molecular flexibility index (Phi) is 5.78. The molecule has 3 nitrogen and oxygen atoms in total. The van der Waals surface area contributed by atoms with Crippen LogP contribution in [-0.2, 0) is 16.0 Å². The molecule has 30 heavy (non-hydrogen) atoms. The van der Waals surface area contributed by atoms with E-state index in [0.717, 1.165) is 47.1 Å². The Hall–Kier alpha value is -2.85. The van der Waals surface area contributed by atoms with Gasteiger partial charge in [0.15, 0.2) is 0 Å². The van der Waals surface area contributed by atoms with Crippen LogP contribution in [0.1, 0.15) is 42.0 Å². The number of hydrogen-bond acceptors (Lipinski definition) is 3. The summed E-state index contributed by atoms with van der Waals surface area (Å²) in [5, 5.41) is 2.57. The molecule has 1 unspecified atom stereocenters. The first-order valence-electron chi connectivity index (χ1n) is 10.4. The lowest BCUT2D eigenvalue weighted by atomic mass is 9.86. The molecule has 1 heterocycles. The molecule has 4 heteroatoms. The van der Waals surface area contributed by atoms with Crippen molar-refractivity contribution in [3.63, 3.8) is 0 Å². The normalized spacial score (nSPS) is 19.4. The number of allylic oxidation sites excluding steroid dienone is 1. The zero-order valence-corrected chi connectivity index (χ0v) is 18.1. The molecule has 0 radical (unpaired) electrons. The molecule has 0 saturated carbocycles. The molecule has 0 bridgehead atoms. The number of rotatable bonds is 4. The Morgan fingerprint density at radius 1 is 1.10 bits per heavy atom. The van der Waals surface area contributed by atoms with Crippen LogP contribution in [0.2, 0.25) is 0 Å². The molecule has 1 N–H and O–H groups in total. The van der Waals surface area contributed by atoms with E-state index in [1.165, 1.54) is 5.56 Å². The van der Waals surface area contributed by atoms with Crippen LogP contribution in [0, 0.1) is 6.92 Å². The molecule has 2 amide bonds. The largest absolute Gasteiger partial charge is 0.288 e. The van der Waals surface area contributed by atoms with E-state index in [9.17, 15) is 9.59 Å². The first-order chi connectivity index (χ1) is 14.5. The minimum atomic E-state index is -0.339. The molecule has 0 fully saturated rings. The van der Waals surface area contributed by atoms with Crippen molar-refractivity contribution >= 4 is 35.6 Å². The van der Waals surface area contributed by atoms with Gasteiger partial charge in [-0.25, -0.2) is 0 Å². The summed E-state index contributed by atoms with van der Waals surface area (Å²) in [5.74, 6) is -0.676. The number of benzene rings is 2. The minimum Gasteiger partial charge on any atom is -0.288 e. The minimum absolute atomic E-state index is 0.0155. The Balaban J connectivity index is 2.00. The van der Waals surface area contributed by atoms with Gasteiger partial charge >= 0.3 is 0 Å². The molecule has 0 spiro atoms. The van der Waals surface area contributed by atoms with Gasteiger partial charge in [0.25, 0.3) is 11.8 Å². The van der Waals surface area contributed by atoms with Gasteiger partial charge in [0.2, 0.25) is 0 Å². The fraction of sp³-hybridized carbons (Fsp3) is 0.231. The number of aryl methyl sites for hydroxylation is 2. The lowest BCUT2D eigenvalue weighted by Crippen LogP contribution is -2.23. The number of amides is 2. The summed E-state index contributed by atoms with van der Waals surface area (Å²) in [6, 6.07) is 16.1. The maximum absolute atomic E-state index is 13.1. The van der Waals surface area contributed by atoms with Crippen molar-refractivity contribution in [3.05, 3.63) is 94.1 Å². The number of hydrogen-bond donors (Lipinski definition) is 2. The van der Waals surface area contributed by atoms with Crippen LogP contribution in [0.4, 0.5) is 0 Å². The Labute approximate surface area is 183 Å². The summed E-state index contributed by atoms with van der Waals surface area (Å²) in [6.45, 7) is 4.06. The summed E-state index contributed by atoms with van der Waals surface area (Å²) in [6.07, 6.45) is 6.60. The Bertz CT molecular complexity index is 1120. The smallest absolute Gasteiger partial charge is 0.259 e. The van der Waals surface area contributed by atoms with E-state index in [1.54, 1.807) is 0 Å². The quantitative estimate of drug-likeness (QED) is 0.541. The number of carbonyl (C=O) groups excluding carboxylic acids is 2. The molecule has 1 aliphatic carbocycles. The van der Waals surface area contributed by atoms with Crippen LogP contribution in [-0.4, -0.2) is 17.1 Å². The molecule has 2 aromatic rings. The first kappa shape index (κ1) is 20.4. The van der Waals surface area contributed by atoms with E-state index in [-0.39, 0.29) is 17.1 Å². The van der Waals surface area contributed by atoms with Crippen LogP contribution >= 0.6 is 12.6 Å². The zero-order valence-electron chi connectivity index (χ0n) is 17.2. The fourth-order valence-electron chi connectivity index (χ4n) is 4.28. The molecule has 1 atom stereocenters. The summed E-state index contributed by atoms with van der Waals surface area (Å²) >= 11 is 4.72. The second-order valence-corrected chi connectivity index (χ2v) is 8.38. The number of imide groups is 1. The van der Waals surface area contributed by atoms with E-state index in [1.807, 2.05) is 68.5 Å². The highest BCUT2D eigenvalue weighted by molar-refractivity contribution is 7.81. The van der Waals surface area contributed by atoms with Gasteiger partial charge in [0, 0.05) is 5.25 Å². The number of carbonyl (C=O) groups is 2. The van der Waals surface area contributed by atoms with Crippen molar-refractivity contribution in [2.75, 3.05) is 0 Å². The molecule has 0 aromatic heterocycles. The number of thiol groups is 1. The molecule has 4 rings (SSSR count). The lowest BCUT2D eigenvalue weighted by Gasteiger charge is -2.15. The van der Waals surface area contributed by atoms with E-state index < -0.39 is 0 Å². The number of nitrogens with one attached hydrogen (secondary N) is 1. The maximum Gasteiger partial charge on any atom is 0.259 e. The molecule has 0 saturated heterocycles. The predicted octanol–water partition coefficient (Wildman–Crippen LogP) is 5.07. The molecular weight excluding hydrogens is 390 g/mol. The highest BCUT2D eigenvalue weighted by Crippen LogP contribution is 2.40. The second kappa shape index (κ2) is 8.49. The van der Waals surface area contributed by atoms with Crippen molar-refractivity contribution in [1.82, 2.24) is 5.32 Å². The summed E-state index contributed by atoms with van der Waals surface area (Å²) < 4.78 is 0. The van der Waals surface area contributed by atoms with Crippen molar-refractivity contribution < 1.29 is 9.59 Å². The van der Waals surface area contributed by atoms with Crippen LogP contribution in [0.3, 0.4) is 0 Å². The maximum atomic E-state index is 13.1. The first-order valence-corrected chi connectivity index (χ1v) is 10.9. The van der Waals surface area contributed by atoms with E-state index in [2.05, 4.69) is 11.4 Å². The van der Waals surface area contributed by atoms with Gasteiger partial charge in [0.05, 0.1) is 11.1 Å². The molecule has 2 aliphatic rings.